The van der Waals surface area contributed by atoms with Crippen LogP contribution in [0.3, 0.4) is 0 Å². The maximum atomic E-state index is 2.49. The van der Waals surface area contributed by atoms with Gasteiger partial charge in [0, 0.05) is 50.8 Å². The third-order valence-corrected chi connectivity index (χ3v) is 9.41. The number of benzene rings is 6. The van der Waals surface area contributed by atoms with Crippen LogP contribution in [-0.4, -0.2) is 0 Å². The van der Waals surface area contributed by atoms with Gasteiger partial charge < -0.3 is 14.7 Å². The van der Waals surface area contributed by atoms with E-state index >= 15 is 0 Å². The van der Waals surface area contributed by atoms with Gasteiger partial charge in [0.15, 0.2) is 0 Å². The molecule has 0 radical (unpaired) electrons. The van der Waals surface area contributed by atoms with Crippen LogP contribution in [0.4, 0.5) is 45.5 Å². The minimum Gasteiger partial charge on any atom is -0.310 e. The van der Waals surface area contributed by atoms with Crippen molar-refractivity contribution in [2.75, 3.05) is 14.7 Å². The Labute approximate surface area is 305 Å². The molecule has 0 fully saturated rings. The van der Waals surface area contributed by atoms with E-state index in [0.717, 1.165) is 53.4 Å². The number of allylic oxidation sites excluding steroid dienone is 3. The largest absolute Gasteiger partial charge is 0.310 e. The first-order valence-electron chi connectivity index (χ1n) is 18.3. The molecular weight excluding hydrogens is 619 g/mol. The van der Waals surface area contributed by atoms with Crippen LogP contribution in [0.1, 0.15) is 51.3 Å². The van der Waals surface area contributed by atoms with Crippen molar-refractivity contribution in [1.82, 2.24) is 0 Å². The van der Waals surface area contributed by atoms with Crippen molar-refractivity contribution in [2.45, 2.75) is 53.9 Å². The maximum absolute atomic E-state index is 2.49. The fourth-order valence-corrected chi connectivity index (χ4v) is 7.28. The summed E-state index contributed by atoms with van der Waals surface area (Å²) in [6.45, 7) is 11.2. The van der Waals surface area contributed by atoms with Crippen LogP contribution in [0.25, 0.3) is 0 Å². The summed E-state index contributed by atoms with van der Waals surface area (Å²) in [6, 6.07) is 54.3. The Balaban J connectivity index is 1.88. The van der Waals surface area contributed by atoms with Crippen molar-refractivity contribution in [3.63, 3.8) is 0 Å². The van der Waals surface area contributed by atoms with Gasteiger partial charge >= 0.3 is 0 Å². The van der Waals surface area contributed by atoms with Gasteiger partial charge in [-0.1, -0.05) is 124 Å². The van der Waals surface area contributed by atoms with E-state index < -0.39 is 0 Å². The van der Waals surface area contributed by atoms with Crippen LogP contribution in [0.5, 0.6) is 0 Å². The lowest BCUT2D eigenvalue weighted by atomic mass is 9.88. The van der Waals surface area contributed by atoms with Gasteiger partial charge in [-0.25, -0.2) is 0 Å². The molecule has 3 nitrogen and oxygen atoms in total. The average molecular weight is 668 g/mol. The lowest BCUT2D eigenvalue weighted by Crippen LogP contribution is -2.25. The number of para-hydroxylation sites is 5. The van der Waals surface area contributed by atoms with Gasteiger partial charge in [-0.05, 0) is 99.8 Å². The second kappa shape index (κ2) is 16.7. The van der Waals surface area contributed by atoms with E-state index in [0.29, 0.717) is 0 Å². The van der Waals surface area contributed by atoms with E-state index in [-0.39, 0.29) is 0 Å². The van der Waals surface area contributed by atoms with E-state index in [1.54, 1.807) is 0 Å². The van der Waals surface area contributed by atoms with Crippen LogP contribution in [0, 0.1) is 0 Å². The Bertz CT molecular complexity index is 1860. The molecule has 0 amide bonds. The average Bonchev–Trinajstić information content (AvgIpc) is 3.20. The van der Waals surface area contributed by atoms with Gasteiger partial charge in [0.25, 0.3) is 0 Å². The van der Waals surface area contributed by atoms with E-state index in [1.807, 2.05) is 0 Å². The SMILES string of the molecule is C/C=C\C(=C/C)N(c1ccccc1)c1c(CC)c(N(c2ccccc2)c2ccccc2)c(CC)c(N(c2ccccc2)c2ccccc2)c1CC. The number of anilines is 8. The molecule has 0 saturated carbocycles. The van der Waals surface area contributed by atoms with E-state index in [1.165, 1.54) is 33.8 Å². The van der Waals surface area contributed by atoms with Gasteiger partial charge in [0.1, 0.15) is 0 Å². The van der Waals surface area contributed by atoms with Gasteiger partial charge in [-0.3, -0.25) is 0 Å². The highest BCUT2D eigenvalue weighted by Gasteiger charge is 2.33. The number of hydrogen-bond donors (Lipinski definition) is 0. The van der Waals surface area contributed by atoms with Gasteiger partial charge in [-0.15, -0.1) is 0 Å². The summed E-state index contributed by atoms with van der Waals surface area (Å²) in [7, 11) is 0. The summed E-state index contributed by atoms with van der Waals surface area (Å²) in [5, 5.41) is 0. The maximum Gasteiger partial charge on any atom is 0.0567 e. The number of rotatable bonds is 13. The van der Waals surface area contributed by atoms with Crippen molar-refractivity contribution < 1.29 is 0 Å². The molecule has 6 rings (SSSR count). The van der Waals surface area contributed by atoms with Crippen LogP contribution in [-0.2, 0) is 19.3 Å². The highest BCUT2D eigenvalue weighted by Crippen LogP contribution is 2.54. The van der Waals surface area contributed by atoms with Crippen LogP contribution >= 0.6 is 0 Å². The van der Waals surface area contributed by atoms with E-state index in [4.69, 9.17) is 0 Å². The molecule has 0 aliphatic heterocycles. The molecule has 0 aliphatic carbocycles. The van der Waals surface area contributed by atoms with Crippen molar-refractivity contribution in [3.05, 3.63) is 192 Å². The molecule has 6 aromatic carbocycles. The molecule has 0 atom stereocenters. The molecular formula is C48H49N3. The molecule has 0 aliphatic rings. The molecule has 0 N–H and O–H groups in total. The Morgan fingerprint density at radius 2 is 0.706 bits per heavy atom. The molecule has 256 valence electrons. The summed E-state index contributed by atoms with van der Waals surface area (Å²) in [6.07, 6.45) is 9.13. The summed E-state index contributed by atoms with van der Waals surface area (Å²) in [4.78, 5) is 7.48. The summed E-state index contributed by atoms with van der Waals surface area (Å²) < 4.78 is 0. The zero-order chi connectivity index (χ0) is 35.6. The first-order chi connectivity index (χ1) is 25.2. The lowest BCUT2D eigenvalue weighted by Gasteiger charge is -2.40. The standard InChI is InChI=1S/C48H49N3/c1-6-26-37(7-2)49(38-27-16-11-17-28-38)46-43(8-3)47(50(39-29-18-12-19-30-39)40-31-20-13-21-32-40)45(10-5)48(44(46)9-4)51(41-33-22-14-23-34-41)42-35-24-15-25-36-42/h6-7,11-36H,8-10H2,1-5H3/b26-6-,37-7+. The van der Waals surface area contributed by atoms with E-state index in [2.05, 4.69) is 219 Å². The minimum atomic E-state index is 0.841. The topological polar surface area (TPSA) is 9.72 Å². The Kier molecular flexibility index (Phi) is 11.5. The molecule has 0 saturated heterocycles. The van der Waals surface area contributed by atoms with Crippen LogP contribution in [0.2, 0.25) is 0 Å². The van der Waals surface area contributed by atoms with Gasteiger partial charge in [0.2, 0.25) is 0 Å². The summed E-state index contributed by atoms with van der Waals surface area (Å²) in [5.74, 6) is 0. The zero-order valence-corrected chi connectivity index (χ0v) is 30.6. The monoisotopic (exact) mass is 667 g/mol. The van der Waals surface area contributed by atoms with Crippen molar-refractivity contribution >= 4 is 45.5 Å². The van der Waals surface area contributed by atoms with Gasteiger partial charge in [0.05, 0.1) is 17.1 Å². The van der Waals surface area contributed by atoms with Crippen molar-refractivity contribution in [1.29, 1.82) is 0 Å². The van der Waals surface area contributed by atoms with Crippen LogP contribution in [0.15, 0.2) is 176 Å². The Hall–Kier alpha value is -5.80. The molecule has 0 spiro atoms. The second-order valence-electron chi connectivity index (χ2n) is 12.4. The fraction of sp³-hybridized carbons (Fsp3) is 0.167. The molecule has 0 aromatic heterocycles. The lowest BCUT2D eigenvalue weighted by molar-refractivity contribution is 0.992. The third kappa shape index (κ3) is 7.11. The van der Waals surface area contributed by atoms with Crippen molar-refractivity contribution in [3.8, 4) is 0 Å². The molecule has 6 aromatic rings. The number of nitrogens with zero attached hydrogens (tertiary/aromatic N) is 3. The van der Waals surface area contributed by atoms with Gasteiger partial charge in [-0.2, -0.15) is 0 Å². The first kappa shape index (κ1) is 35.0. The molecule has 0 heterocycles. The highest BCUT2D eigenvalue weighted by molar-refractivity contribution is 5.96. The molecule has 0 bridgehead atoms. The summed E-state index contributed by atoms with van der Waals surface area (Å²) >= 11 is 0. The number of hydrogen-bond acceptors (Lipinski definition) is 3. The summed E-state index contributed by atoms with van der Waals surface area (Å²) in [5.41, 5.74) is 14.4. The molecule has 0 unspecified atom stereocenters. The highest BCUT2D eigenvalue weighted by atomic mass is 15.2. The van der Waals surface area contributed by atoms with Crippen LogP contribution < -0.4 is 14.7 Å². The molecule has 51 heavy (non-hydrogen) atoms. The quantitative estimate of drug-likeness (QED) is 0.114. The predicted molar refractivity (Wildman–Crippen MR) is 221 cm³/mol. The van der Waals surface area contributed by atoms with Crippen molar-refractivity contribution in [2.24, 2.45) is 0 Å². The fourth-order valence-electron chi connectivity index (χ4n) is 7.28. The smallest absolute Gasteiger partial charge is 0.0567 e. The minimum absolute atomic E-state index is 0.841. The Morgan fingerprint density at radius 3 is 0.980 bits per heavy atom. The third-order valence-electron chi connectivity index (χ3n) is 9.41. The first-order valence-corrected chi connectivity index (χ1v) is 18.3. The second-order valence-corrected chi connectivity index (χ2v) is 12.4. The van der Waals surface area contributed by atoms with E-state index in [9.17, 15) is 0 Å². The zero-order valence-electron chi connectivity index (χ0n) is 30.6. The Morgan fingerprint density at radius 1 is 0.412 bits per heavy atom. The molecule has 3 heteroatoms. The normalized spacial score (nSPS) is 11.5. The predicted octanol–water partition coefficient (Wildman–Crippen LogP) is 13.9.